The van der Waals surface area contributed by atoms with Gasteiger partial charge in [0.25, 0.3) is 0 Å². The minimum Gasteiger partial charge on any atom is -0.369 e. The van der Waals surface area contributed by atoms with Crippen LogP contribution in [0.3, 0.4) is 0 Å². The number of aromatic nitrogens is 2. The number of benzene rings is 1. The molecule has 0 aliphatic rings. The van der Waals surface area contributed by atoms with Gasteiger partial charge in [0, 0.05) is 12.8 Å². The van der Waals surface area contributed by atoms with Gasteiger partial charge in [-0.2, -0.15) is 0 Å². The number of rotatable bonds is 7. The van der Waals surface area contributed by atoms with Crippen LogP contribution in [0.4, 0.5) is 5.95 Å². The number of nitrogens with one attached hydrogen (secondary N) is 1. The lowest BCUT2D eigenvalue weighted by atomic mass is 10.0. The third-order valence-electron chi connectivity index (χ3n) is 3.28. The number of Topliss-reactive ketones (excluding diaryl/α,β-unsaturated/α-hetero) is 1. The van der Waals surface area contributed by atoms with Gasteiger partial charge in [-0.1, -0.05) is 32.3 Å². The lowest BCUT2D eigenvalue weighted by Crippen LogP contribution is -2.02. The van der Waals surface area contributed by atoms with Crippen LogP contribution >= 0.6 is 12.4 Å². The van der Waals surface area contributed by atoms with Crippen LogP contribution in [0.2, 0.25) is 0 Å². The number of aromatic amines is 1. The number of carbonyl (C=O) groups excluding carboxylic acids is 1. The van der Waals surface area contributed by atoms with Crippen LogP contribution in [0.15, 0.2) is 18.2 Å². The van der Waals surface area contributed by atoms with Crippen LogP contribution in [-0.2, 0) is 11.2 Å². The minimum absolute atomic E-state index is 0. The fraction of sp³-hybridized carbons (Fsp3) is 0.467. The van der Waals surface area contributed by atoms with E-state index in [9.17, 15) is 4.79 Å². The summed E-state index contributed by atoms with van der Waals surface area (Å²) in [6, 6.07) is 5.82. The molecule has 0 spiro atoms. The van der Waals surface area contributed by atoms with Gasteiger partial charge in [-0.05, 0) is 24.1 Å². The summed E-state index contributed by atoms with van der Waals surface area (Å²) >= 11 is 0. The Labute approximate surface area is 125 Å². The zero-order valence-electron chi connectivity index (χ0n) is 11.8. The highest BCUT2D eigenvalue weighted by Gasteiger charge is 2.06. The summed E-state index contributed by atoms with van der Waals surface area (Å²) in [7, 11) is 0. The van der Waals surface area contributed by atoms with Crippen molar-refractivity contribution >= 4 is 35.2 Å². The van der Waals surface area contributed by atoms with Crippen molar-refractivity contribution in [2.75, 3.05) is 5.73 Å². The molecule has 0 saturated heterocycles. The van der Waals surface area contributed by atoms with Gasteiger partial charge >= 0.3 is 0 Å². The van der Waals surface area contributed by atoms with E-state index in [-0.39, 0.29) is 12.4 Å². The van der Waals surface area contributed by atoms with E-state index in [1.807, 2.05) is 18.2 Å². The third kappa shape index (κ3) is 4.53. The van der Waals surface area contributed by atoms with Crippen LogP contribution in [-0.4, -0.2) is 15.8 Å². The Morgan fingerprint density at radius 3 is 2.85 bits per heavy atom. The monoisotopic (exact) mass is 295 g/mol. The highest BCUT2D eigenvalue weighted by Crippen LogP contribution is 2.16. The van der Waals surface area contributed by atoms with Crippen LogP contribution in [0.25, 0.3) is 11.0 Å². The maximum atomic E-state index is 11.9. The molecule has 4 nitrogen and oxygen atoms in total. The average molecular weight is 296 g/mol. The molecule has 2 aromatic rings. The Bertz CT molecular complexity index is 565. The molecule has 0 amide bonds. The first-order valence-corrected chi connectivity index (χ1v) is 6.95. The maximum absolute atomic E-state index is 11.9. The standard InChI is InChI=1S/C15H21N3O.ClH/c1-2-3-4-5-6-12(19)9-11-7-8-13-14(10-11)18-15(16)17-13;/h7-8,10H,2-6,9H2,1H3,(H3,16,17,18);1H. The Morgan fingerprint density at radius 1 is 1.30 bits per heavy atom. The van der Waals surface area contributed by atoms with E-state index in [1.54, 1.807) is 0 Å². The number of hydrogen-bond acceptors (Lipinski definition) is 3. The molecule has 1 aromatic heterocycles. The number of H-pyrrole nitrogens is 1. The van der Waals surface area contributed by atoms with Crippen molar-refractivity contribution < 1.29 is 4.79 Å². The number of fused-ring (bicyclic) bond motifs is 1. The summed E-state index contributed by atoms with van der Waals surface area (Å²) in [5.74, 6) is 0.723. The molecule has 2 rings (SSSR count). The first kappa shape index (κ1) is 16.5. The van der Waals surface area contributed by atoms with Gasteiger partial charge in [0.05, 0.1) is 11.0 Å². The van der Waals surface area contributed by atoms with Crippen LogP contribution < -0.4 is 5.73 Å². The number of imidazole rings is 1. The van der Waals surface area contributed by atoms with E-state index in [4.69, 9.17) is 5.73 Å². The van der Waals surface area contributed by atoms with Gasteiger partial charge in [0.2, 0.25) is 0 Å². The van der Waals surface area contributed by atoms with Gasteiger partial charge < -0.3 is 10.7 Å². The number of nitrogen functional groups attached to an aromatic ring is 1. The van der Waals surface area contributed by atoms with Crippen molar-refractivity contribution in [3.63, 3.8) is 0 Å². The number of carbonyl (C=O) groups is 1. The Balaban J connectivity index is 0.00000200. The van der Waals surface area contributed by atoms with E-state index >= 15 is 0 Å². The normalized spacial score (nSPS) is 10.4. The van der Waals surface area contributed by atoms with E-state index in [1.165, 1.54) is 12.8 Å². The molecule has 0 unspecified atom stereocenters. The first-order chi connectivity index (χ1) is 9.19. The summed E-state index contributed by atoms with van der Waals surface area (Å²) in [6.07, 6.45) is 5.76. The minimum atomic E-state index is 0. The largest absolute Gasteiger partial charge is 0.369 e. The second kappa shape index (κ2) is 7.90. The molecule has 20 heavy (non-hydrogen) atoms. The number of nitrogens with two attached hydrogens (primary N) is 1. The van der Waals surface area contributed by atoms with E-state index in [0.717, 1.165) is 29.4 Å². The molecule has 0 bridgehead atoms. The number of ketones is 1. The zero-order chi connectivity index (χ0) is 13.7. The second-order valence-corrected chi connectivity index (χ2v) is 5.00. The van der Waals surface area contributed by atoms with Crippen molar-refractivity contribution in [3.05, 3.63) is 23.8 Å². The summed E-state index contributed by atoms with van der Waals surface area (Å²) in [5.41, 5.74) is 8.37. The summed E-state index contributed by atoms with van der Waals surface area (Å²) in [5, 5.41) is 0. The first-order valence-electron chi connectivity index (χ1n) is 6.95. The molecule has 1 heterocycles. The number of nitrogens with zero attached hydrogens (tertiary/aromatic N) is 1. The fourth-order valence-corrected chi connectivity index (χ4v) is 2.25. The molecule has 0 fully saturated rings. The fourth-order valence-electron chi connectivity index (χ4n) is 2.25. The number of halogens is 1. The lowest BCUT2D eigenvalue weighted by Gasteiger charge is -2.01. The molecule has 1 aromatic carbocycles. The zero-order valence-corrected chi connectivity index (χ0v) is 12.6. The predicted molar refractivity (Wildman–Crippen MR) is 85.2 cm³/mol. The quantitative estimate of drug-likeness (QED) is 0.766. The summed E-state index contributed by atoms with van der Waals surface area (Å²) in [4.78, 5) is 19.0. The van der Waals surface area contributed by atoms with Gasteiger partial charge in [-0.15, -0.1) is 12.4 Å². The maximum Gasteiger partial charge on any atom is 0.198 e. The topological polar surface area (TPSA) is 71.8 Å². The van der Waals surface area contributed by atoms with Gasteiger partial charge in [0.1, 0.15) is 5.78 Å². The molecular formula is C15H22ClN3O. The SMILES string of the molecule is CCCCCCC(=O)Cc1ccc2nc(N)[nH]c2c1.Cl. The van der Waals surface area contributed by atoms with Gasteiger partial charge in [-0.3, -0.25) is 4.79 Å². The van der Waals surface area contributed by atoms with E-state index in [2.05, 4.69) is 16.9 Å². The molecule has 5 heteroatoms. The smallest absolute Gasteiger partial charge is 0.198 e. The van der Waals surface area contributed by atoms with Crippen molar-refractivity contribution in [2.45, 2.75) is 45.4 Å². The Hall–Kier alpha value is -1.55. The molecule has 3 N–H and O–H groups in total. The molecule has 0 atom stereocenters. The molecule has 0 aliphatic carbocycles. The Kier molecular flexibility index (Phi) is 6.52. The number of hydrogen-bond donors (Lipinski definition) is 2. The highest BCUT2D eigenvalue weighted by atomic mass is 35.5. The Morgan fingerprint density at radius 2 is 2.10 bits per heavy atom. The van der Waals surface area contributed by atoms with Crippen LogP contribution in [0, 0.1) is 0 Å². The van der Waals surface area contributed by atoms with E-state index in [0.29, 0.717) is 24.6 Å². The van der Waals surface area contributed by atoms with Gasteiger partial charge in [-0.25, -0.2) is 4.98 Å². The molecule has 0 saturated carbocycles. The van der Waals surface area contributed by atoms with Crippen molar-refractivity contribution in [1.29, 1.82) is 0 Å². The second-order valence-electron chi connectivity index (χ2n) is 5.00. The third-order valence-corrected chi connectivity index (χ3v) is 3.28. The summed E-state index contributed by atoms with van der Waals surface area (Å²) in [6.45, 7) is 2.17. The van der Waals surface area contributed by atoms with Crippen molar-refractivity contribution in [1.82, 2.24) is 9.97 Å². The predicted octanol–water partition coefficient (Wildman–Crippen LogP) is 3.65. The highest BCUT2D eigenvalue weighted by molar-refractivity contribution is 5.85. The van der Waals surface area contributed by atoms with Crippen molar-refractivity contribution in [2.24, 2.45) is 0 Å². The average Bonchev–Trinajstić information content (AvgIpc) is 2.74. The molecule has 110 valence electrons. The lowest BCUT2D eigenvalue weighted by molar-refractivity contribution is -0.118. The van der Waals surface area contributed by atoms with Crippen LogP contribution in [0.5, 0.6) is 0 Å². The number of unbranched alkanes of at least 4 members (excludes halogenated alkanes) is 3. The van der Waals surface area contributed by atoms with E-state index < -0.39 is 0 Å². The van der Waals surface area contributed by atoms with Crippen LogP contribution in [0.1, 0.15) is 44.6 Å². The molecule has 0 radical (unpaired) electrons. The molecular weight excluding hydrogens is 274 g/mol. The molecule has 0 aliphatic heterocycles. The summed E-state index contributed by atoms with van der Waals surface area (Å²) < 4.78 is 0. The van der Waals surface area contributed by atoms with Gasteiger partial charge in [0.15, 0.2) is 5.95 Å². The van der Waals surface area contributed by atoms with Crippen molar-refractivity contribution in [3.8, 4) is 0 Å². The number of anilines is 1.